The maximum absolute atomic E-state index is 12.3. The van der Waals surface area contributed by atoms with Crippen molar-refractivity contribution in [3.63, 3.8) is 0 Å². The molecule has 1 saturated heterocycles. The van der Waals surface area contributed by atoms with Crippen LogP contribution in [0, 0.1) is 0 Å². The third kappa shape index (κ3) is 3.40. The second-order valence-electron chi connectivity index (χ2n) is 5.39. The van der Waals surface area contributed by atoms with Crippen molar-refractivity contribution in [3.05, 3.63) is 35.2 Å². The standard InChI is InChI=1S/C16H16N2O4S/c1-9(15(20)18-11-7-22-8-12(11)19)17-16(21)14-6-10-4-2-3-5-13(10)23-14/h2-6,9,11H,7-8H2,1H3,(H,17,21)(H,18,20)/t9-,11?/m0/s1. The highest BCUT2D eigenvalue weighted by molar-refractivity contribution is 7.20. The zero-order chi connectivity index (χ0) is 16.4. The van der Waals surface area contributed by atoms with Gasteiger partial charge in [-0.1, -0.05) is 18.2 Å². The number of hydrogen-bond acceptors (Lipinski definition) is 5. The normalized spacial score (nSPS) is 18.8. The zero-order valence-electron chi connectivity index (χ0n) is 12.5. The molecule has 23 heavy (non-hydrogen) atoms. The summed E-state index contributed by atoms with van der Waals surface area (Å²) in [5, 5.41) is 6.23. The topological polar surface area (TPSA) is 84.5 Å². The first-order valence-electron chi connectivity index (χ1n) is 7.25. The fourth-order valence-electron chi connectivity index (χ4n) is 2.32. The molecule has 2 atom stereocenters. The number of fused-ring (bicyclic) bond motifs is 1. The van der Waals surface area contributed by atoms with Crippen LogP contribution in [0.2, 0.25) is 0 Å². The van der Waals surface area contributed by atoms with E-state index in [2.05, 4.69) is 10.6 Å². The van der Waals surface area contributed by atoms with Gasteiger partial charge in [-0.3, -0.25) is 14.4 Å². The van der Waals surface area contributed by atoms with E-state index in [4.69, 9.17) is 4.74 Å². The lowest BCUT2D eigenvalue weighted by molar-refractivity contribution is -0.127. The Balaban J connectivity index is 1.62. The summed E-state index contributed by atoms with van der Waals surface area (Å²) >= 11 is 1.37. The number of thiophene rings is 1. The Labute approximate surface area is 136 Å². The number of Topliss-reactive ketones (excluding diaryl/α,β-unsaturated/α-hetero) is 1. The molecule has 0 saturated carbocycles. The maximum Gasteiger partial charge on any atom is 0.262 e. The Bertz CT molecular complexity index is 737. The molecule has 1 aromatic heterocycles. The van der Waals surface area contributed by atoms with Gasteiger partial charge in [0.1, 0.15) is 18.7 Å². The Kier molecular flexibility index (Phi) is 4.40. The summed E-state index contributed by atoms with van der Waals surface area (Å²) in [5.41, 5.74) is 0. The average molecular weight is 332 g/mol. The van der Waals surface area contributed by atoms with Gasteiger partial charge in [-0.25, -0.2) is 0 Å². The first-order chi connectivity index (χ1) is 11.0. The molecular weight excluding hydrogens is 316 g/mol. The van der Waals surface area contributed by atoms with E-state index in [1.807, 2.05) is 24.3 Å². The molecule has 1 fully saturated rings. The lowest BCUT2D eigenvalue weighted by Crippen LogP contribution is -2.50. The number of hydrogen-bond donors (Lipinski definition) is 2. The maximum atomic E-state index is 12.3. The molecule has 0 aliphatic carbocycles. The van der Waals surface area contributed by atoms with Crippen molar-refractivity contribution in [1.82, 2.24) is 10.6 Å². The second-order valence-corrected chi connectivity index (χ2v) is 6.47. The number of nitrogens with one attached hydrogen (secondary N) is 2. The van der Waals surface area contributed by atoms with Gasteiger partial charge in [-0.15, -0.1) is 11.3 Å². The van der Waals surface area contributed by atoms with E-state index in [-0.39, 0.29) is 24.9 Å². The molecule has 0 radical (unpaired) electrons. The number of ketones is 1. The predicted molar refractivity (Wildman–Crippen MR) is 86.5 cm³/mol. The van der Waals surface area contributed by atoms with Crippen LogP contribution >= 0.6 is 11.3 Å². The Morgan fingerprint density at radius 1 is 1.35 bits per heavy atom. The smallest absolute Gasteiger partial charge is 0.262 e. The quantitative estimate of drug-likeness (QED) is 0.878. The third-order valence-electron chi connectivity index (χ3n) is 3.62. The SMILES string of the molecule is C[C@H](NC(=O)c1cc2ccccc2s1)C(=O)NC1COCC1=O. The number of rotatable bonds is 4. The number of ether oxygens (including phenoxy) is 1. The summed E-state index contributed by atoms with van der Waals surface area (Å²) < 4.78 is 6.00. The summed E-state index contributed by atoms with van der Waals surface area (Å²) in [5.74, 6) is -0.854. The first kappa shape index (κ1) is 15.6. The van der Waals surface area contributed by atoms with Crippen molar-refractivity contribution >= 4 is 39.0 Å². The number of carbonyl (C=O) groups is 3. The van der Waals surface area contributed by atoms with Crippen molar-refractivity contribution < 1.29 is 19.1 Å². The van der Waals surface area contributed by atoms with Crippen molar-refractivity contribution in [1.29, 1.82) is 0 Å². The Morgan fingerprint density at radius 3 is 2.83 bits per heavy atom. The summed E-state index contributed by atoms with van der Waals surface area (Å²) in [6.45, 7) is 1.79. The minimum atomic E-state index is -0.735. The van der Waals surface area contributed by atoms with E-state index in [1.165, 1.54) is 11.3 Å². The minimum Gasteiger partial charge on any atom is -0.371 e. The zero-order valence-corrected chi connectivity index (χ0v) is 13.3. The molecule has 1 aliphatic rings. The second kappa shape index (κ2) is 6.47. The molecule has 2 amide bonds. The van der Waals surface area contributed by atoms with E-state index in [9.17, 15) is 14.4 Å². The molecule has 120 valence electrons. The van der Waals surface area contributed by atoms with Crippen LogP contribution in [0.25, 0.3) is 10.1 Å². The molecule has 1 aromatic carbocycles. The molecule has 7 heteroatoms. The van der Waals surface area contributed by atoms with E-state index in [0.717, 1.165) is 10.1 Å². The van der Waals surface area contributed by atoms with E-state index in [1.54, 1.807) is 13.0 Å². The van der Waals surface area contributed by atoms with Crippen LogP contribution in [-0.4, -0.2) is 42.9 Å². The number of amides is 2. The molecule has 2 aromatic rings. The Morgan fingerprint density at radius 2 is 2.13 bits per heavy atom. The van der Waals surface area contributed by atoms with Crippen molar-refractivity contribution in [3.8, 4) is 0 Å². The highest BCUT2D eigenvalue weighted by Crippen LogP contribution is 2.25. The monoisotopic (exact) mass is 332 g/mol. The van der Waals surface area contributed by atoms with Gasteiger partial charge >= 0.3 is 0 Å². The van der Waals surface area contributed by atoms with Gasteiger partial charge in [0.2, 0.25) is 5.91 Å². The van der Waals surface area contributed by atoms with Gasteiger partial charge < -0.3 is 15.4 Å². The van der Waals surface area contributed by atoms with E-state index < -0.39 is 18.0 Å². The molecule has 0 spiro atoms. The van der Waals surface area contributed by atoms with Crippen LogP contribution < -0.4 is 10.6 Å². The van der Waals surface area contributed by atoms with Crippen LogP contribution in [-0.2, 0) is 14.3 Å². The van der Waals surface area contributed by atoms with Crippen LogP contribution in [0.4, 0.5) is 0 Å². The highest BCUT2D eigenvalue weighted by Gasteiger charge is 2.28. The van der Waals surface area contributed by atoms with Gasteiger partial charge in [0.05, 0.1) is 11.5 Å². The molecule has 6 nitrogen and oxygen atoms in total. The summed E-state index contributed by atoms with van der Waals surface area (Å²) in [7, 11) is 0. The molecule has 0 bridgehead atoms. The largest absolute Gasteiger partial charge is 0.371 e. The van der Waals surface area contributed by atoms with E-state index >= 15 is 0 Å². The van der Waals surface area contributed by atoms with Crippen molar-refractivity contribution in [2.75, 3.05) is 13.2 Å². The highest BCUT2D eigenvalue weighted by atomic mass is 32.1. The van der Waals surface area contributed by atoms with Gasteiger partial charge in [-0.05, 0) is 24.4 Å². The van der Waals surface area contributed by atoms with Crippen molar-refractivity contribution in [2.24, 2.45) is 0 Å². The molecule has 1 aliphatic heterocycles. The molecule has 1 unspecified atom stereocenters. The lowest BCUT2D eigenvalue weighted by Gasteiger charge is -2.16. The van der Waals surface area contributed by atoms with Crippen LogP contribution in [0.5, 0.6) is 0 Å². The molecule has 2 heterocycles. The summed E-state index contributed by atoms with van der Waals surface area (Å²) in [4.78, 5) is 36.3. The fraction of sp³-hybridized carbons (Fsp3) is 0.312. The molecule has 2 N–H and O–H groups in total. The van der Waals surface area contributed by atoms with Gasteiger partial charge in [0.15, 0.2) is 5.78 Å². The van der Waals surface area contributed by atoms with Gasteiger partial charge in [0, 0.05) is 4.70 Å². The van der Waals surface area contributed by atoms with Crippen LogP contribution in [0.15, 0.2) is 30.3 Å². The number of carbonyl (C=O) groups excluding carboxylic acids is 3. The van der Waals surface area contributed by atoms with Crippen molar-refractivity contribution in [2.45, 2.75) is 19.0 Å². The molecule has 3 rings (SSSR count). The predicted octanol–water partition coefficient (Wildman–Crippen LogP) is 1.10. The fourth-order valence-corrected chi connectivity index (χ4v) is 3.28. The van der Waals surface area contributed by atoms with Crippen LogP contribution in [0.3, 0.4) is 0 Å². The lowest BCUT2D eigenvalue weighted by atomic mass is 10.2. The number of benzene rings is 1. The van der Waals surface area contributed by atoms with E-state index in [0.29, 0.717) is 4.88 Å². The Hall–Kier alpha value is -2.25. The van der Waals surface area contributed by atoms with Gasteiger partial charge in [-0.2, -0.15) is 0 Å². The van der Waals surface area contributed by atoms with Crippen LogP contribution in [0.1, 0.15) is 16.6 Å². The molecular formula is C16H16N2O4S. The summed E-state index contributed by atoms with van der Waals surface area (Å²) in [6, 6.07) is 8.15. The first-order valence-corrected chi connectivity index (χ1v) is 8.06. The average Bonchev–Trinajstić information content (AvgIpc) is 3.13. The third-order valence-corrected chi connectivity index (χ3v) is 4.74. The van der Waals surface area contributed by atoms with Gasteiger partial charge in [0.25, 0.3) is 5.91 Å². The minimum absolute atomic E-state index is 0.0213. The summed E-state index contributed by atoms with van der Waals surface area (Å²) in [6.07, 6.45) is 0.